The van der Waals surface area contributed by atoms with Crippen LogP contribution in [0.15, 0.2) is 147 Å². The zero-order chi connectivity index (χ0) is 40.8. The van der Waals surface area contributed by atoms with Crippen LogP contribution in [-0.2, 0) is 0 Å². The monoisotopic (exact) mass is 805 g/mol. The van der Waals surface area contributed by atoms with E-state index in [0.717, 1.165) is 112 Å². The summed E-state index contributed by atoms with van der Waals surface area (Å²) in [5.41, 5.74) is 12.4. The van der Waals surface area contributed by atoms with Crippen molar-refractivity contribution in [1.29, 1.82) is 0 Å². The second-order valence-corrected chi connectivity index (χ2v) is 15.5. The van der Waals surface area contributed by atoms with Crippen molar-refractivity contribution in [2.24, 2.45) is 0 Å². The smallest absolute Gasteiger partial charge is 0.162 e. The normalized spacial score (nSPS) is 14.6. The molecule has 0 atom stereocenters. The second-order valence-electron chi connectivity index (χ2n) is 15.5. The van der Waals surface area contributed by atoms with Gasteiger partial charge in [0.25, 0.3) is 0 Å². The molecule has 0 spiro atoms. The largest absolute Gasteiger partial charge is 0.492 e. The van der Waals surface area contributed by atoms with E-state index in [1.165, 1.54) is 38.0 Å². The van der Waals surface area contributed by atoms with Crippen LogP contribution < -0.4 is 15.0 Å². The molecule has 2 aliphatic rings. The van der Waals surface area contributed by atoms with E-state index < -0.39 is 0 Å². The number of hydrogen-bond acceptors (Lipinski definition) is 10. The van der Waals surface area contributed by atoms with Crippen LogP contribution in [0.3, 0.4) is 0 Å². The highest BCUT2D eigenvalue weighted by Gasteiger charge is 2.15. The summed E-state index contributed by atoms with van der Waals surface area (Å²) in [4.78, 5) is 22.9. The SMILES string of the molecule is c1cc(-c2cnn3cc(-c4ccc(OCCN5CCCCC5)cc4)cnc23)ccn1.c1ccc2c(-c3cnn4cc(-c5ccc(N6CCNCC6)cc5)cnc34)ccnc2c1. The van der Waals surface area contributed by atoms with Gasteiger partial charge >= 0.3 is 0 Å². The summed E-state index contributed by atoms with van der Waals surface area (Å²) in [5.74, 6) is 0.906. The fourth-order valence-corrected chi connectivity index (χ4v) is 8.31. The first-order valence-corrected chi connectivity index (χ1v) is 21.2. The summed E-state index contributed by atoms with van der Waals surface area (Å²) in [6.07, 6.45) is 21.0. The molecule has 0 unspecified atom stereocenters. The summed E-state index contributed by atoms with van der Waals surface area (Å²) in [7, 11) is 0. The molecule has 8 heterocycles. The van der Waals surface area contributed by atoms with Gasteiger partial charge in [-0.3, -0.25) is 14.9 Å². The molecule has 12 heteroatoms. The summed E-state index contributed by atoms with van der Waals surface area (Å²) in [5, 5.41) is 13.6. The number of anilines is 1. The molecule has 0 radical (unpaired) electrons. The number of fused-ring (bicyclic) bond motifs is 3. The summed E-state index contributed by atoms with van der Waals surface area (Å²) < 4.78 is 9.63. The minimum atomic E-state index is 0.734. The Morgan fingerprint density at radius 2 is 1.20 bits per heavy atom. The Hall–Kier alpha value is -7.02. The van der Waals surface area contributed by atoms with Crippen molar-refractivity contribution in [3.63, 3.8) is 0 Å². The van der Waals surface area contributed by atoms with Crippen LogP contribution in [0.2, 0.25) is 0 Å². The number of aromatic nitrogens is 8. The number of hydrogen-bond donors (Lipinski definition) is 1. The van der Waals surface area contributed by atoms with Crippen molar-refractivity contribution in [2.45, 2.75) is 19.3 Å². The van der Waals surface area contributed by atoms with Gasteiger partial charge < -0.3 is 15.0 Å². The lowest BCUT2D eigenvalue weighted by atomic mass is 10.0. The number of para-hydroxylation sites is 1. The fraction of sp³-hybridized carbons (Fsp3) is 0.224. The number of nitrogens with one attached hydrogen (secondary N) is 1. The third-order valence-electron chi connectivity index (χ3n) is 11.6. The van der Waals surface area contributed by atoms with Crippen molar-refractivity contribution in [1.82, 2.24) is 49.4 Å². The maximum Gasteiger partial charge on any atom is 0.162 e. The van der Waals surface area contributed by atoms with Gasteiger partial charge in [-0.15, -0.1) is 0 Å². The van der Waals surface area contributed by atoms with Crippen LogP contribution in [0, 0.1) is 0 Å². The number of piperidine rings is 1. The zero-order valence-corrected chi connectivity index (χ0v) is 34.0. The molecule has 0 amide bonds. The first-order valence-electron chi connectivity index (χ1n) is 21.2. The molecule has 1 N–H and O–H groups in total. The Kier molecular flexibility index (Phi) is 11.1. The lowest BCUT2D eigenvalue weighted by molar-refractivity contribution is 0.183. The summed E-state index contributed by atoms with van der Waals surface area (Å²) >= 11 is 0. The highest BCUT2D eigenvalue weighted by Crippen LogP contribution is 2.31. The highest BCUT2D eigenvalue weighted by molar-refractivity contribution is 5.97. The number of rotatable bonds is 9. The first-order chi connectivity index (χ1) is 30.2. The number of pyridine rings is 2. The molecule has 12 nitrogen and oxygen atoms in total. The van der Waals surface area contributed by atoms with Gasteiger partial charge in [-0.25, -0.2) is 19.0 Å². The predicted molar refractivity (Wildman–Crippen MR) is 242 cm³/mol. The fourth-order valence-electron chi connectivity index (χ4n) is 8.31. The van der Waals surface area contributed by atoms with Gasteiger partial charge in [-0.1, -0.05) is 48.9 Å². The van der Waals surface area contributed by atoms with Crippen LogP contribution in [0.4, 0.5) is 5.69 Å². The topological polar surface area (TPSA) is 114 Å². The molecule has 0 bridgehead atoms. The molecule has 3 aromatic carbocycles. The Bertz CT molecular complexity index is 2860. The van der Waals surface area contributed by atoms with Gasteiger partial charge in [-0.05, 0) is 96.7 Å². The average Bonchev–Trinajstić information content (AvgIpc) is 3.97. The molecular weight excluding hydrogens is 759 g/mol. The summed E-state index contributed by atoms with van der Waals surface area (Å²) in [6.45, 7) is 8.31. The van der Waals surface area contributed by atoms with Crippen LogP contribution in [-0.4, -0.2) is 96.5 Å². The molecule has 2 fully saturated rings. The molecule has 2 aliphatic heterocycles. The Balaban J connectivity index is 0.000000146. The van der Waals surface area contributed by atoms with Gasteiger partial charge in [0.1, 0.15) is 12.4 Å². The van der Waals surface area contributed by atoms with Gasteiger partial charge in [-0.2, -0.15) is 10.2 Å². The maximum atomic E-state index is 5.94. The number of nitrogens with zero attached hydrogens (tertiary/aromatic N) is 10. The molecule has 0 saturated carbocycles. The molecule has 6 aromatic heterocycles. The van der Waals surface area contributed by atoms with Gasteiger partial charge in [0.15, 0.2) is 11.3 Å². The molecule has 9 aromatic rings. The number of likely N-dealkylation sites (tertiary alicyclic amines) is 1. The molecular formula is C49H47N11O. The van der Waals surface area contributed by atoms with E-state index in [1.54, 1.807) is 12.4 Å². The minimum Gasteiger partial charge on any atom is -0.492 e. The number of benzene rings is 3. The molecule has 304 valence electrons. The Morgan fingerprint density at radius 3 is 1.92 bits per heavy atom. The van der Waals surface area contributed by atoms with Gasteiger partial charge in [0.05, 0.1) is 17.9 Å². The van der Waals surface area contributed by atoms with E-state index in [1.807, 2.05) is 94.7 Å². The zero-order valence-electron chi connectivity index (χ0n) is 34.0. The molecule has 11 rings (SSSR count). The van der Waals surface area contributed by atoms with Crippen LogP contribution in [0.25, 0.3) is 66.7 Å². The van der Waals surface area contributed by atoms with Gasteiger partial charge in [0, 0.05) is 109 Å². The van der Waals surface area contributed by atoms with E-state index in [2.05, 4.69) is 88.9 Å². The van der Waals surface area contributed by atoms with E-state index in [4.69, 9.17) is 9.72 Å². The first kappa shape index (κ1) is 38.2. The van der Waals surface area contributed by atoms with Crippen molar-refractivity contribution in [2.75, 3.05) is 57.3 Å². The lowest BCUT2D eigenvalue weighted by Crippen LogP contribution is -2.43. The lowest BCUT2D eigenvalue weighted by Gasteiger charge is -2.29. The van der Waals surface area contributed by atoms with E-state index >= 15 is 0 Å². The van der Waals surface area contributed by atoms with Crippen LogP contribution in [0.5, 0.6) is 5.75 Å². The Labute approximate surface area is 354 Å². The van der Waals surface area contributed by atoms with Gasteiger partial charge in [0.2, 0.25) is 0 Å². The number of piperazine rings is 1. The van der Waals surface area contributed by atoms with E-state index in [9.17, 15) is 0 Å². The van der Waals surface area contributed by atoms with Crippen molar-refractivity contribution >= 4 is 27.9 Å². The average molecular weight is 806 g/mol. The van der Waals surface area contributed by atoms with Crippen molar-refractivity contribution in [3.8, 4) is 50.3 Å². The van der Waals surface area contributed by atoms with Crippen LogP contribution in [0.1, 0.15) is 19.3 Å². The second kappa shape index (κ2) is 17.7. The Morgan fingerprint density at radius 1 is 0.541 bits per heavy atom. The van der Waals surface area contributed by atoms with E-state index in [0.29, 0.717) is 0 Å². The van der Waals surface area contributed by atoms with E-state index in [-0.39, 0.29) is 0 Å². The standard InChI is InChI=1S/C25H22N6.C24H25N5O/c1-2-4-24-22(3-1)21(9-10-27-24)23-16-29-31-17-19(15-28-25(23)31)18-5-7-20(8-6-18)30-13-11-26-12-14-30;1-2-12-28(13-3-1)14-15-30-22-6-4-19(5-7-22)21-16-26-24-23(17-27-29(24)18-21)20-8-10-25-11-9-20/h1-10,15-17,26H,11-14H2;4-11,16-18H,1-3,12-15H2. The highest BCUT2D eigenvalue weighted by atomic mass is 16.5. The minimum absolute atomic E-state index is 0.734. The molecule has 2 saturated heterocycles. The third-order valence-corrected chi connectivity index (χ3v) is 11.6. The van der Waals surface area contributed by atoms with Crippen molar-refractivity contribution < 1.29 is 4.74 Å². The molecule has 0 aliphatic carbocycles. The van der Waals surface area contributed by atoms with Crippen LogP contribution >= 0.6 is 0 Å². The maximum absolute atomic E-state index is 5.94. The van der Waals surface area contributed by atoms with Crippen molar-refractivity contribution in [3.05, 3.63) is 147 Å². The summed E-state index contributed by atoms with van der Waals surface area (Å²) in [6, 6.07) is 31.1. The third kappa shape index (κ3) is 8.41. The number of ether oxygens (including phenoxy) is 1. The molecule has 61 heavy (non-hydrogen) atoms. The quantitative estimate of drug-likeness (QED) is 0.153. The predicted octanol–water partition coefficient (Wildman–Crippen LogP) is 8.34.